The second-order valence-electron chi connectivity index (χ2n) is 11.3. The first-order valence-corrected chi connectivity index (χ1v) is 14.0. The molecule has 43 heavy (non-hydrogen) atoms. The Kier molecular flexibility index (Phi) is 11.0. The fourth-order valence-electron chi connectivity index (χ4n) is 4.75. The number of alkyl carbamates (subject to hydrolysis) is 1. The number of carbonyl (C=O) groups is 3. The van der Waals surface area contributed by atoms with E-state index in [9.17, 15) is 19.5 Å². The number of anilines is 1. The van der Waals surface area contributed by atoms with E-state index in [1.165, 1.54) is 17.0 Å². The minimum atomic E-state index is -1.10. The summed E-state index contributed by atoms with van der Waals surface area (Å²) in [6.45, 7) is 12.8. The lowest BCUT2D eigenvalue weighted by atomic mass is 9.93. The highest BCUT2D eigenvalue weighted by Gasteiger charge is 2.37. The van der Waals surface area contributed by atoms with Gasteiger partial charge >= 0.3 is 6.09 Å². The second-order valence-corrected chi connectivity index (χ2v) is 11.3. The minimum Gasteiger partial charge on any atom is -0.508 e. The molecule has 0 saturated heterocycles. The van der Waals surface area contributed by atoms with Gasteiger partial charge in [0.1, 0.15) is 29.2 Å². The molecule has 3 aromatic rings. The Bertz CT molecular complexity index is 1410. The van der Waals surface area contributed by atoms with Crippen LogP contribution >= 0.6 is 0 Å². The van der Waals surface area contributed by atoms with Gasteiger partial charge in [-0.15, -0.1) is 6.58 Å². The molecule has 0 aliphatic rings. The largest absolute Gasteiger partial charge is 0.508 e. The van der Waals surface area contributed by atoms with E-state index in [1.807, 2.05) is 32.0 Å². The van der Waals surface area contributed by atoms with Crippen LogP contribution in [0.5, 0.6) is 11.5 Å². The number of ether oxygens (including phenoxy) is 2. The molecule has 0 aromatic heterocycles. The van der Waals surface area contributed by atoms with Gasteiger partial charge in [-0.2, -0.15) is 0 Å². The van der Waals surface area contributed by atoms with Gasteiger partial charge in [0.2, 0.25) is 5.91 Å². The lowest BCUT2D eigenvalue weighted by Gasteiger charge is -2.35. The van der Waals surface area contributed by atoms with Gasteiger partial charge in [0, 0.05) is 18.7 Å². The van der Waals surface area contributed by atoms with Gasteiger partial charge < -0.3 is 30.1 Å². The van der Waals surface area contributed by atoms with Crippen molar-refractivity contribution in [3.05, 3.63) is 102 Å². The Labute approximate surface area is 253 Å². The number of nitrogens with one attached hydrogen (secondary N) is 2. The second kappa shape index (κ2) is 14.4. The molecule has 0 bridgehead atoms. The van der Waals surface area contributed by atoms with Gasteiger partial charge in [-0.05, 0) is 93.3 Å². The number of phenolic OH excluding ortho intramolecular Hbond substituents is 1. The molecule has 9 nitrogen and oxygen atoms in total. The van der Waals surface area contributed by atoms with Gasteiger partial charge in [0.15, 0.2) is 0 Å². The Morgan fingerprint density at radius 2 is 1.58 bits per heavy atom. The molecule has 0 aliphatic carbocycles. The van der Waals surface area contributed by atoms with Gasteiger partial charge in [0.05, 0.1) is 7.11 Å². The van der Waals surface area contributed by atoms with Crippen molar-refractivity contribution >= 4 is 23.6 Å². The van der Waals surface area contributed by atoms with Gasteiger partial charge in [-0.3, -0.25) is 9.59 Å². The summed E-state index contributed by atoms with van der Waals surface area (Å²) in [4.78, 5) is 42.9. The third-order valence-corrected chi connectivity index (χ3v) is 6.71. The Morgan fingerprint density at radius 1 is 0.977 bits per heavy atom. The number of amides is 3. The summed E-state index contributed by atoms with van der Waals surface area (Å²) in [5.41, 5.74) is 2.75. The van der Waals surface area contributed by atoms with E-state index in [0.29, 0.717) is 22.6 Å². The van der Waals surface area contributed by atoms with Crippen LogP contribution in [0.15, 0.2) is 79.4 Å². The Morgan fingerprint density at radius 3 is 2.12 bits per heavy atom. The normalized spacial score (nSPS) is 12.4. The molecule has 0 radical (unpaired) electrons. The zero-order valence-corrected chi connectivity index (χ0v) is 25.6. The van der Waals surface area contributed by atoms with E-state index in [0.717, 1.165) is 11.1 Å². The van der Waals surface area contributed by atoms with E-state index in [1.54, 1.807) is 70.4 Å². The third-order valence-electron chi connectivity index (χ3n) is 6.71. The van der Waals surface area contributed by atoms with Crippen LogP contribution in [-0.2, 0) is 20.7 Å². The maximum atomic E-state index is 14.4. The van der Waals surface area contributed by atoms with Crippen molar-refractivity contribution in [3.8, 4) is 11.5 Å². The van der Waals surface area contributed by atoms with Crippen molar-refractivity contribution in [1.29, 1.82) is 0 Å². The van der Waals surface area contributed by atoms with E-state index in [4.69, 9.17) is 9.47 Å². The van der Waals surface area contributed by atoms with E-state index in [2.05, 4.69) is 17.2 Å². The van der Waals surface area contributed by atoms with Gasteiger partial charge in [-0.25, -0.2) is 4.79 Å². The van der Waals surface area contributed by atoms with Crippen LogP contribution in [0.2, 0.25) is 0 Å². The van der Waals surface area contributed by atoms with Crippen molar-refractivity contribution in [2.45, 2.75) is 58.7 Å². The molecule has 3 amide bonds. The number of aryl methyl sites for hydroxylation is 2. The first-order chi connectivity index (χ1) is 20.3. The molecule has 3 N–H and O–H groups in total. The van der Waals surface area contributed by atoms with E-state index < -0.39 is 35.6 Å². The number of phenols is 1. The maximum absolute atomic E-state index is 14.4. The molecule has 3 aromatic carbocycles. The van der Waals surface area contributed by atoms with Crippen LogP contribution < -0.4 is 15.4 Å². The van der Waals surface area contributed by atoms with Crippen molar-refractivity contribution in [1.82, 2.24) is 10.2 Å². The number of carbonyl (C=O) groups excluding carboxylic acids is 3. The van der Waals surface area contributed by atoms with Gasteiger partial charge in [0.25, 0.3) is 5.91 Å². The Hall–Kier alpha value is -4.79. The predicted octanol–water partition coefficient (Wildman–Crippen LogP) is 5.85. The minimum absolute atomic E-state index is 0.0232. The van der Waals surface area contributed by atoms with Gasteiger partial charge in [-0.1, -0.05) is 36.4 Å². The molecule has 0 aliphatic heterocycles. The van der Waals surface area contributed by atoms with Crippen LogP contribution in [-0.4, -0.2) is 53.2 Å². The number of hydrogen-bond donors (Lipinski definition) is 3. The number of aromatic hydroxyl groups is 1. The monoisotopic (exact) mass is 587 g/mol. The zero-order chi connectivity index (χ0) is 31.7. The highest BCUT2D eigenvalue weighted by Crippen LogP contribution is 2.30. The molecule has 2 atom stereocenters. The molecular weight excluding hydrogens is 546 g/mol. The molecule has 228 valence electrons. The Balaban J connectivity index is 2.08. The average molecular weight is 588 g/mol. The highest BCUT2D eigenvalue weighted by atomic mass is 16.6. The molecule has 9 heteroatoms. The standard InChI is InChI=1S/C34H41N3O6/c1-8-20-37(32(40)28(36-33(41)43-34(4,5)6)21-24-12-16-26(38)17-13-24)30(29-22(2)10-9-11-23(29)3)31(39)35-25-14-18-27(42-7)19-15-25/h8-19,28,30,38H,1,20-21H2,2-7H3,(H,35,39)(H,36,41). The molecule has 0 saturated carbocycles. The molecule has 0 fully saturated rings. The van der Waals surface area contributed by atoms with Crippen LogP contribution in [0, 0.1) is 13.8 Å². The number of benzene rings is 3. The summed E-state index contributed by atoms with van der Waals surface area (Å²) in [6, 6.07) is 16.8. The summed E-state index contributed by atoms with van der Waals surface area (Å²) in [5.74, 6) is -0.224. The summed E-state index contributed by atoms with van der Waals surface area (Å²) in [7, 11) is 1.56. The predicted molar refractivity (Wildman–Crippen MR) is 167 cm³/mol. The number of rotatable bonds is 11. The molecule has 2 unspecified atom stereocenters. The average Bonchev–Trinajstić information content (AvgIpc) is 2.94. The zero-order valence-electron chi connectivity index (χ0n) is 25.6. The van der Waals surface area contributed by atoms with Crippen LogP contribution in [0.3, 0.4) is 0 Å². The number of nitrogens with zero attached hydrogens (tertiary/aromatic N) is 1. The van der Waals surface area contributed by atoms with Crippen molar-refractivity contribution in [2.75, 3.05) is 19.0 Å². The molecule has 0 spiro atoms. The first kappa shape index (κ1) is 32.7. The maximum Gasteiger partial charge on any atom is 0.408 e. The van der Waals surface area contributed by atoms with Crippen LogP contribution in [0.4, 0.5) is 10.5 Å². The third kappa shape index (κ3) is 9.10. The van der Waals surface area contributed by atoms with Crippen LogP contribution in [0.1, 0.15) is 49.1 Å². The fraction of sp³-hybridized carbons (Fsp3) is 0.324. The van der Waals surface area contributed by atoms with E-state index in [-0.39, 0.29) is 18.7 Å². The summed E-state index contributed by atoms with van der Waals surface area (Å²) in [6.07, 6.45) is 0.866. The summed E-state index contributed by atoms with van der Waals surface area (Å²) in [5, 5.41) is 15.4. The summed E-state index contributed by atoms with van der Waals surface area (Å²) >= 11 is 0. The smallest absolute Gasteiger partial charge is 0.408 e. The lowest BCUT2D eigenvalue weighted by molar-refractivity contribution is -0.140. The van der Waals surface area contributed by atoms with Crippen molar-refractivity contribution < 1.29 is 29.0 Å². The number of hydrogen-bond acceptors (Lipinski definition) is 6. The van der Waals surface area contributed by atoms with E-state index >= 15 is 0 Å². The quantitative estimate of drug-likeness (QED) is 0.243. The molecular formula is C34H41N3O6. The van der Waals surface area contributed by atoms with Crippen LogP contribution in [0.25, 0.3) is 0 Å². The topological polar surface area (TPSA) is 117 Å². The summed E-state index contributed by atoms with van der Waals surface area (Å²) < 4.78 is 10.7. The van der Waals surface area contributed by atoms with Crippen molar-refractivity contribution in [2.24, 2.45) is 0 Å². The fourth-order valence-corrected chi connectivity index (χ4v) is 4.75. The number of methoxy groups -OCH3 is 1. The molecule has 3 rings (SSSR count). The SMILES string of the molecule is C=CCN(C(=O)C(Cc1ccc(O)cc1)NC(=O)OC(C)(C)C)C(C(=O)Nc1ccc(OC)cc1)c1c(C)cccc1C. The lowest BCUT2D eigenvalue weighted by Crippen LogP contribution is -2.53. The highest BCUT2D eigenvalue weighted by molar-refractivity contribution is 5.99. The van der Waals surface area contributed by atoms with Crippen molar-refractivity contribution in [3.63, 3.8) is 0 Å². The first-order valence-electron chi connectivity index (χ1n) is 14.0. The molecule has 0 heterocycles.